The number of sulfone groups is 1. The molecule has 0 radical (unpaired) electrons. The van der Waals surface area contributed by atoms with Crippen molar-refractivity contribution >= 4 is 53.3 Å². The maximum Gasteiger partial charge on any atom is 0.243 e. The van der Waals surface area contributed by atoms with Crippen molar-refractivity contribution in [2.45, 2.75) is 34.7 Å². The molecule has 11 heteroatoms. The van der Waals surface area contributed by atoms with Gasteiger partial charge >= 0.3 is 0 Å². The molecule has 4 aromatic carbocycles. The lowest BCUT2D eigenvalue weighted by Crippen LogP contribution is -2.38. The average Bonchev–Trinajstić information content (AvgIpc) is 3.30. The van der Waals surface area contributed by atoms with Crippen LogP contribution in [0.25, 0.3) is 21.8 Å². The maximum absolute atomic E-state index is 13.9. The predicted octanol–water partition coefficient (Wildman–Crippen LogP) is 4.19. The number of imidazole rings is 1. The lowest BCUT2D eigenvalue weighted by molar-refractivity contribution is -0.114. The van der Waals surface area contributed by atoms with E-state index in [0.717, 1.165) is 11.0 Å². The fourth-order valence-electron chi connectivity index (χ4n) is 4.97. The Morgan fingerprint density at radius 3 is 2.36 bits per heavy atom. The third-order valence-corrected chi connectivity index (χ3v) is 10.4. The number of carbonyl (C=O) groups is 1. The molecule has 39 heavy (non-hydrogen) atoms. The highest BCUT2D eigenvalue weighted by Crippen LogP contribution is 2.35. The normalized spacial score (nSPS) is 14.4. The van der Waals surface area contributed by atoms with E-state index in [1.54, 1.807) is 36.4 Å². The lowest BCUT2D eigenvalue weighted by atomic mass is 10.1. The Kier molecular flexibility index (Phi) is 6.01. The largest absolute Gasteiger partial charge is 0.326 e. The summed E-state index contributed by atoms with van der Waals surface area (Å²) in [4.78, 5) is 16.0. The second kappa shape index (κ2) is 9.30. The third-order valence-electron chi connectivity index (χ3n) is 6.82. The van der Waals surface area contributed by atoms with E-state index in [1.807, 2.05) is 28.8 Å². The van der Waals surface area contributed by atoms with Gasteiger partial charge < -0.3 is 9.88 Å². The van der Waals surface area contributed by atoms with Gasteiger partial charge in [-0.25, -0.2) is 21.8 Å². The van der Waals surface area contributed by atoms with Crippen LogP contribution in [0.3, 0.4) is 0 Å². The van der Waals surface area contributed by atoms with Crippen LogP contribution < -0.4 is 5.32 Å². The molecule has 198 valence electrons. The number of amides is 1. The molecule has 2 heterocycles. The van der Waals surface area contributed by atoms with Crippen molar-refractivity contribution in [3.8, 4) is 0 Å². The van der Waals surface area contributed by atoms with Crippen molar-refractivity contribution in [2.24, 2.45) is 0 Å². The summed E-state index contributed by atoms with van der Waals surface area (Å²) in [6.07, 6.45) is 0. The zero-order chi connectivity index (χ0) is 27.4. The van der Waals surface area contributed by atoms with Crippen LogP contribution in [-0.2, 0) is 37.7 Å². The molecule has 0 saturated heterocycles. The molecule has 5 aromatic rings. The Balaban J connectivity index is 1.49. The van der Waals surface area contributed by atoms with Crippen molar-refractivity contribution in [2.75, 3.05) is 11.9 Å². The van der Waals surface area contributed by atoms with Gasteiger partial charge in [-0.05, 0) is 53.9 Å². The zero-order valence-corrected chi connectivity index (χ0v) is 22.5. The molecule has 0 unspecified atom stereocenters. The number of anilines is 1. The summed E-state index contributed by atoms with van der Waals surface area (Å²) in [5.74, 6) is 0.320. The molecular weight excluding hydrogens is 536 g/mol. The van der Waals surface area contributed by atoms with E-state index < -0.39 is 19.9 Å². The molecule has 1 aliphatic rings. The van der Waals surface area contributed by atoms with E-state index in [9.17, 15) is 21.6 Å². The van der Waals surface area contributed by atoms with Gasteiger partial charge in [-0.1, -0.05) is 36.4 Å². The SMILES string of the molecule is CC(=O)Nc1ccc2cc(S(=O)(=O)N3CCn4c(nc5ccccc54)C3)cc(S(=O)(=O)c3ccccc3)c2c1. The number of para-hydroxylation sites is 2. The van der Waals surface area contributed by atoms with Gasteiger partial charge in [0, 0.05) is 31.1 Å². The minimum Gasteiger partial charge on any atom is -0.326 e. The van der Waals surface area contributed by atoms with Crippen LogP contribution in [0.15, 0.2) is 99.6 Å². The van der Waals surface area contributed by atoms with E-state index in [1.165, 1.54) is 35.5 Å². The minimum absolute atomic E-state index is 0.0393. The Labute approximate surface area is 225 Å². The number of nitrogens with zero attached hydrogens (tertiary/aromatic N) is 3. The Bertz CT molecular complexity index is 1990. The first kappa shape index (κ1) is 25.2. The summed E-state index contributed by atoms with van der Waals surface area (Å²) in [7, 11) is -8.18. The average molecular weight is 561 g/mol. The zero-order valence-electron chi connectivity index (χ0n) is 20.9. The van der Waals surface area contributed by atoms with Gasteiger partial charge in [0.1, 0.15) is 5.82 Å². The Hall–Kier alpha value is -4.06. The molecule has 6 rings (SSSR count). The number of fused-ring (bicyclic) bond motifs is 4. The third kappa shape index (κ3) is 4.38. The summed E-state index contributed by atoms with van der Waals surface area (Å²) in [5, 5.41) is 3.39. The van der Waals surface area contributed by atoms with Gasteiger partial charge in [-0.15, -0.1) is 0 Å². The molecule has 9 nitrogen and oxygen atoms in total. The fraction of sp³-hybridized carbons (Fsp3) is 0.143. The molecule has 0 aliphatic carbocycles. The molecule has 0 atom stereocenters. The van der Waals surface area contributed by atoms with E-state index in [4.69, 9.17) is 0 Å². The second-order valence-electron chi connectivity index (χ2n) is 9.36. The highest BCUT2D eigenvalue weighted by atomic mass is 32.2. The smallest absolute Gasteiger partial charge is 0.243 e. The van der Waals surface area contributed by atoms with Crippen LogP contribution in [0.4, 0.5) is 5.69 Å². The number of hydrogen-bond donors (Lipinski definition) is 1. The van der Waals surface area contributed by atoms with E-state index >= 15 is 0 Å². The highest BCUT2D eigenvalue weighted by molar-refractivity contribution is 7.92. The first-order valence-electron chi connectivity index (χ1n) is 12.2. The van der Waals surface area contributed by atoms with Crippen molar-refractivity contribution in [1.29, 1.82) is 0 Å². The number of rotatable bonds is 5. The van der Waals surface area contributed by atoms with Crippen LogP contribution in [0, 0.1) is 0 Å². The second-order valence-corrected chi connectivity index (χ2v) is 13.2. The van der Waals surface area contributed by atoms with E-state index in [0.29, 0.717) is 28.8 Å². The molecule has 1 aliphatic heterocycles. The number of nitrogens with one attached hydrogen (secondary N) is 1. The molecule has 0 spiro atoms. The molecule has 0 fully saturated rings. The van der Waals surface area contributed by atoms with Gasteiger partial charge in [-0.2, -0.15) is 4.31 Å². The first-order valence-corrected chi connectivity index (χ1v) is 15.2. The van der Waals surface area contributed by atoms with Crippen LogP contribution >= 0.6 is 0 Å². The fourth-order valence-corrected chi connectivity index (χ4v) is 8.02. The van der Waals surface area contributed by atoms with E-state index in [2.05, 4.69) is 10.3 Å². The highest BCUT2D eigenvalue weighted by Gasteiger charge is 2.32. The van der Waals surface area contributed by atoms with Gasteiger partial charge in [0.25, 0.3) is 0 Å². The number of benzene rings is 4. The van der Waals surface area contributed by atoms with Crippen molar-refractivity contribution in [3.05, 3.63) is 90.8 Å². The van der Waals surface area contributed by atoms with Crippen LogP contribution in [0.2, 0.25) is 0 Å². The van der Waals surface area contributed by atoms with Crippen LogP contribution in [0.5, 0.6) is 0 Å². The monoisotopic (exact) mass is 560 g/mol. The number of hydrogen-bond acceptors (Lipinski definition) is 6. The topological polar surface area (TPSA) is 118 Å². The lowest BCUT2D eigenvalue weighted by Gasteiger charge is -2.27. The predicted molar refractivity (Wildman–Crippen MR) is 147 cm³/mol. The maximum atomic E-state index is 13.9. The number of aromatic nitrogens is 2. The summed E-state index contributed by atoms with van der Waals surface area (Å²) in [6, 6.07) is 23.0. The van der Waals surface area contributed by atoms with Crippen molar-refractivity contribution in [3.63, 3.8) is 0 Å². The number of sulfonamides is 1. The van der Waals surface area contributed by atoms with Gasteiger partial charge in [0.05, 0.1) is 32.3 Å². The summed E-state index contributed by atoms with van der Waals surface area (Å²) >= 11 is 0. The van der Waals surface area contributed by atoms with Gasteiger partial charge in [0.15, 0.2) is 0 Å². The van der Waals surface area contributed by atoms with Crippen LogP contribution in [0.1, 0.15) is 12.7 Å². The Morgan fingerprint density at radius 1 is 0.846 bits per heavy atom. The quantitative estimate of drug-likeness (QED) is 0.345. The van der Waals surface area contributed by atoms with Crippen molar-refractivity contribution < 1.29 is 21.6 Å². The van der Waals surface area contributed by atoms with Gasteiger partial charge in [0.2, 0.25) is 25.8 Å². The molecule has 1 N–H and O–H groups in total. The Morgan fingerprint density at radius 2 is 1.59 bits per heavy atom. The molecular formula is C28H24N4O5S2. The summed E-state index contributed by atoms with van der Waals surface area (Å²) in [5.41, 5.74) is 2.15. The number of carbonyl (C=O) groups excluding carboxylic acids is 1. The van der Waals surface area contributed by atoms with Gasteiger partial charge in [-0.3, -0.25) is 4.79 Å². The molecule has 1 aromatic heterocycles. The molecule has 0 bridgehead atoms. The van der Waals surface area contributed by atoms with Crippen molar-refractivity contribution in [1.82, 2.24) is 13.9 Å². The van der Waals surface area contributed by atoms with E-state index in [-0.39, 0.29) is 33.7 Å². The molecule has 1 amide bonds. The van der Waals surface area contributed by atoms with Crippen LogP contribution in [-0.4, -0.2) is 43.1 Å². The first-order chi connectivity index (χ1) is 18.6. The standard InChI is InChI=1S/C28H24N4O5S2/c1-19(33)29-21-12-11-20-15-23(17-27(24(20)16-21)38(34,35)22-7-3-2-4-8-22)39(36,37)31-13-14-32-26-10-6-5-9-25(26)30-28(32)18-31/h2-12,15-17H,13-14,18H2,1H3,(H,29,33). The summed E-state index contributed by atoms with van der Waals surface area (Å²) in [6.45, 7) is 2.07. The molecule has 0 saturated carbocycles. The summed E-state index contributed by atoms with van der Waals surface area (Å²) < 4.78 is 58.8. The minimum atomic E-state index is -4.10.